The molecular formula is C18H23BrIN3O2S. The van der Waals surface area contributed by atoms with Crippen LogP contribution in [0.5, 0.6) is 0 Å². The van der Waals surface area contributed by atoms with Gasteiger partial charge in [-0.25, -0.2) is 8.42 Å². The molecule has 0 spiro atoms. The average molecular weight is 552 g/mol. The quantitative estimate of drug-likeness (QED) is 0.315. The van der Waals surface area contributed by atoms with E-state index in [1.165, 1.54) is 5.56 Å². The predicted molar refractivity (Wildman–Crippen MR) is 121 cm³/mol. The average Bonchev–Trinajstić information content (AvgIpc) is 2.61. The Hall–Kier alpha value is -1.13. The maximum Gasteiger partial charge on any atom is 0.191 e. The van der Waals surface area contributed by atoms with Gasteiger partial charge in [0.2, 0.25) is 0 Å². The Morgan fingerprint density at radius 3 is 2.23 bits per heavy atom. The van der Waals surface area contributed by atoms with Gasteiger partial charge < -0.3 is 10.6 Å². The van der Waals surface area contributed by atoms with Gasteiger partial charge in [0.25, 0.3) is 0 Å². The first-order valence-electron chi connectivity index (χ1n) is 7.98. The minimum atomic E-state index is -3.31. The summed E-state index contributed by atoms with van der Waals surface area (Å²) in [5.74, 6) is 0.607. The van der Waals surface area contributed by atoms with E-state index in [2.05, 4.69) is 43.7 Å². The second kappa shape index (κ2) is 11.6. The van der Waals surface area contributed by atoms with Gasteiger partial charge in [0.15, 0.2) is 15.8 Å². The molecule has 26 heavy (non-hydrogen) atoms. The van der Waals surface area contributed by atoms with Crippen LogP contribution in [0.3, 0.4) is 0 Å². The molecule has 2 aromatic rings. The van der Waals surface area contributed by atoms with E-state index in [1.807, 2.05) is 18.2 Å². The first-order valence-corrected chi connectivity index (χ1v) is 10.4. The molecule has 0 radical (unpaired) electrons. The molecule has 0 saturated carbocycles. The van der Waals surface area contributed by atoms with Crippen molar-refractivity contribution < 1.29 is 8.42 Å². The summed E-state index contributed by atoms with van der Waals surface area (Å²) in [6, 6.07) is 16.8. The Bertz CT molecular complexity index is 797. The Morgan fingerprint density at radius 2 is 1.62 bits per heavy atom. The summed E-state index contributed by atoms with van der Waals surface area (Å²) in [6.07, 6.45) is 0.874. The Balaban J connectivity index is 0.00000338. The molecule has 5 nitrogen and oxygen atoms in total. The number of nitrogens with one attached hydrogen (secondary N) is 2. The van der Waals surface area contributed by atoms with Crippen LogP contribution < -0.4 is 10.6 Å². The zero-order chi connectivity index (χ0) is 18.1. The molecular weight excluding hydrogens is 529 g/mol. The zero-order valence-corrected chi connectivity index (χ0v) is 19.2. The van der Waals surface area contributed by atoms with Gasteiger partial charge >= 0.3 is 0 Å². The first kappa shape index (κ1) is 22.9. The number of guanidine groups is 1. The third kappa shape index (κ3) is 7.63. The number of halogens is 2. The van der Waals surface area contributed by atoms with Crippen LogP contribution in [0, 0.1) is 0 Å². The summed E-state index contributed by atoms with van der Waals surface area (Å²) in [4.78, 5) is 4.44. The normalized spacial score (nSPS) is 11.5. The van der Waals surface area contributed by atoms with E-state index >= 15 is 0 Å². The van der Waals surface area contributed by atoms with E-state index in [9.17, 15) is 8.42 Å². The van der Waals surface area contributed by atoms with E-state index in [4.69, 9.17) is 0 Å². The third-order valence-corrected chi connectivity index (χ3v) is 5.87. The van der Waals surface area contributed by atoms with Crippen molar-refractivity contribution in [1.82, 2.24) is 10.6 Å². The lowest BCUT2D eigenvalue weighted by Crippen LogP contribution is -2.40. The molecule has 0 unspecified atom stereocenters. The molecule has 0 amide bonds. The molecule has 2 N–H and O–H groups in total. The summed E-state index contributed by atoms with van der Waals surface area (Å²) in [7, 11) is -1.64. The molecule has 8 heteroatoms. The van der Waals surface area contributed by atoms with Gasteiger partial charge in [-0.2, -0.15) is 0 Å². The highest BCUT2D eigenvalue weighted by Gasteiger charge is 2.14. The van der Waals surface area contributed by atoms with Gasteiger partial charge in [0, 0.05) is 24.6 Å². The van der Waals surface area contributed by atoms with Gasteiger partial charge in [0.05, 0.1) is 10.6 Å². The van der Waals surface area contributed by atoms with Crippen molar-refractivity contribution in [3.05, 3.63) is 64.6 Å². The topological polar surface area (TPSA) is 70.6 Å². The lowest BCUT2D eigenvalue weighted by atomic mass is 10.1. The molecule has 0 aliphatic heterocycles. The fraction of sp³-hybridized carbons (Fsp3) is 0.278. The SMILES string of the molecule is CN=C(NCCc1ccccc1)NCCS(=O)(=O)c1ccc(Br)cc1.I. The highest BCUT2D eigenvalue weighted by atomic mass is 127. The van der Waals surface area contributed by atoms with Crippen LogP contribution in [-0.2, 0) is 16.3 Å². The molecule has 0 saturated heterocycles. The molecule has 0 bridgehead atoms. The number of aliphatic imine (C=N–C) groups is 1. The molecule has 142 valence electrons. The number of benzene rings is 2. The Labute approximate surface area is 180 Å². The highest BCUT2D eigenvalue weighted by molar-refractivity contribution is 14.0. The van der Waals surface area contributed by atoms with E-state index < -0.39 is 9.84 Å². The van der Waals surface area contributed by atoms with Crippen molar-refractivity contribution in [2.45, 2.75) is 11.3 Å². The van der Waals surface area contributed by atoms with E-state index in [0.29, 0.717) is 17.4 Å². The third-order valence-electron chi connectivity index (χ3n) is 3.61. The number of sulfone groups is 1. The maximum atomic E-state index is 12.3. The monoisotopic (exact) mass is 551 g/mol. The zero-order valence-electron chi connectivity index (χ0n) is 14.5. The maximum absolute atomic E-state index is 12.3. The standard InChI is InChI=1S/C18H22BrN3O2S.HI/c1-20-18(21-12-11-15-5-3-2-4-6-15)22-13-14-25(23,24)17-9-7-16(19)8-10-17;/h2-10H,11-14H2,1H3,(H2,20,21,22);1H. The second-order valence-corrected chi connectivity index (χ2v) is 8.46. The fourth-order valence-corrected chi connectivity index (χ4v) is 3.68. The summed E-state index contributed by atoms with van der Waals surface area (Å²) in [6.45, 7) is 1.02. The summed E-state index contributed by atoms with van der Waals surface area (Å²) < 4.78 is 25.4. The second-order valence-electron chi connectivity index (χ2n) is 5.43. The summed E-state index contributed by atoms with van der Waals surface area (Å²) in [5, 5.41) is 6.23. The van der Waals surface area contributed by atoms with Crippen molar-refractivity contribution in [1.29, 1.82) is 0 Å². The molecule has 0 heterocycles. The number of nitrogens with zero attached hydrogens (tertiary/aromatic N) is 1. The molecule has 0 fully saturated rings. The Kier molecular flexibility index (Phi) is 10.2. The largest absolute Gasteiger partial charge is 0.356 e. The van der Waals surface area contributed by atoms with Gasteiger partial charge in [-0.3, -0.25) is 4.99 Å². The van der Waals surface area contributed by atoms with Gasteiger partial charge in [-0.05, 0) is 36.2 Å². The van der Waals surface area contributed by atoms with Gasteiger partial charge in [0.1, 0.15) is 0 Å². The van der Waals surface area contributed by atoms with Crippen molar-refractivity contribution >= 4 is 55.7 Å². The lowest BCUT2D eigenvalue weighted by molar-refractivity contribution is 0.594. The van der Waals surface area contributed by atoms with Crippen molar-refractivity contribution in [3.8, 4) is 0 Å². The summed E-state index contributed by atoms with van der Waals surface area (Å²) >= 11 is 3.30. The predicted octanol–water partition coefficient (Wildman–Crippen LogP) is 3.25. The van der Waals surface area contributed by atoms with E-state index in [-0.39, 0.29) is 29.7 Å². The van der Waals surface area contributed by atoms with Crippen LogP contribution in [0.1, 0.15) is 5.56 Å². The molecule has 2 aromatic carbocycles. The smallest absolute Gasteiger partial charge is 0.191 e. The Morgan fingerprint density at radius 1 is 1.00 bits per heavy atom. The van der Waals surface area contributed by atoms with Crippen LogP contribution in [0.15, 0.2) is 69.0 Å². The molecule has 2 rings (SSSR count). The van der Waals surface area contributed by atoms with Crippen molar-refractivity contribution in [3.63, 3.8) is 0 Å². The van der Waals surface area contributed by atoms with Crippen LogP contribution in [-0.4, -0.2) is 40.3 Å². The first-order chi connectivity index (χ1) is 12.0. The van der Waals surface area contributed by atoms with Crippen LogP contribution in [0.4, 0.5) is 0 Å². The molecule has 0 aromatic heterocycles. The lowest BCUT2D eigenvalue weighted by Gasteiger charge is -2.12. The van der Waals surface area contributed by atoms with Crippen LogP contribution in [0.2, 0.25) is 0 Å². The van der Waals surface area contributed by atoms with E-state index in [0.717, 1.165) is 17.4 Å². The van der Waals surface area contributed by atoms with Crippen molar-refractivity contribution in [2.75, 3.05) is 25.9 Å². The number of rotatable bonds is 7. The number of hydrogen-bond donors (Lipinski definition) is 2. The van der Waals surface area contributed by atoms with Gasteiger partial charge in [-0.1, -0.05) is 46.3 Å². The molecule has 0 aliphatic carbocycles. The molecule has 0 atom stereocenters. The van der Waals surface area contributed by atoms with Crippen LogP contribution in [0.25, 0.3) is 0 Å². The highest BCUT2D eigenvalue weighted by Crippen LogP contribution is 2.15. The number of hydrogen-bond acceptors (Lipinski definition) is 3. The fourth-order valence-electron chi connectivity index (χ4n) is 2.25. The minimum absolute atomic E-state index is 0. The summed E-state index contributed by atoms with van der Waals surface area (Å²) in [5.41, 5.74) is 1.24. The van der Waals surface area contributed by atoms with E-state index in [1.54, 1.807) is 31.3 Å². The van der Waals surface area contributed by atoms with Crippen LogP contribution >= 0.6 is 39.9 Å². The minimum Gasteiger partial charge on any atom is -0.356 e. The van der Waals surface area contributed by atoms with Crippen molar-refractivity contribution in [2.24, 2.45) is 4.99 Å². The molecule has 0 aliphatic rings. The van der Waals surface area contributed by atoms with Gasteiger partial charge in [-0.15, -0.1) is 24.0 Å².